The predicted molar refractivity (Wildman–Crippen MR) is 64.8 cm³/mol. The molecule has 0 nitrogen and oxygen atoms in total. The molecule has 0 amide bonds. The summed E-state index contributed by atoms with van der Waals surface area (Å²) in [5.41, 5.74) is -2.74. The molecule has 0 aromatic carbocycles. The summed E-state index contributed by atoms with van der Waals surface area (Å²) in [7, 11) is -2.47. The Balaban J connectivity index is 3.95. The number of unbranched alkanes of at least 4 members (excludes halogenated alkanes) is 4. The molecule has 0 saturated heterocycles. The Labute approximate surface area is 93.5 Å². The molecule has 0 aromatic heterocycles. The van der Waals surface area contributed by atoms with Gasteiger partial charge in [0.25, 0.3) is 5.55 Å². The van der Waals surface area contributed by atoms with Crippen LogP contribution in [0.25, 0.3) is 0 Å². The van der Waals surface area contributed by atoms with E-state index in [4.69, 9.17) is 0 Å². The van der Waals surface area contributed by atoms with Crippen LogP contribution in [0.5, 0.6) is 0 Å². The van der Waals surface area contributed by atoms with Gasteiger partial charge in [-0.05, 0) is 12.3 Å². The lowest BCUT2D eigenvalue weighted by atomic mass is 10.2. The third-order valence-electron chi connectivity index (χ3n) is 2.34. The first-order valence-electron chi connectivity index (χ1n) is 5.69. The maximum Gasteiger partial charge on any atom is 0.286 e. The van der Waals surface area contributed by atoms with Gasteiger partial charge < -0.3 is 0 Å². The molecule has 0 N–H and O–H groups in total. The van der Waals surface area contributed by atoms with E-state index in [9.17, 15) is 8.78 Å². The molecule has 15 heavy (non-hydrogen) atoms. The minimum atomic E-state index is -2.74. The predicted octanol–water partition coefficient (Wildman–Crippen LogP) is 4.47. The summed E-state index contributed by atoms with van der Waals surface area (Å²) in [6.45, 7) is 7.08. The van der Waals surface area contributed by atoms with Gasteiger partial charge >= 0.3 is 0 Å². The van der Waals surface area contributed by atoms with Gasteiger partial charge in [-0.2, -0.15) is 8.78 Å². The maximum absolute atomic E-state index is 13.4. The zero-order chi connectivity index (χ0) is 11.9. The van der Waals surface area contributed by atoms with Crippen molar-refractivity contribution in [2.24, 2.45) is 0 Å². The summed E-state index contributed by atoms with van der Waals surface area (Å²) in [6.07, 6.45) is 5.00. The number of rotatable bonds is 5. The fraction of sp³-hybridized carbons (Fsp3) is 0.833. The number of halogens is 2. The number of alkyl halides is 2. The van der Waals surface area contributed by atoms with Gasteiger partial charge in [-0.15, -0.1) is 0 Å². The van der Waals surface area contributed by atoms with Crippen molar-refractivity contribution in [2.45, 2.75) is 64.2 Å². The first-order valence-corrected chi connectivity index (χ1v) is 9.19. The summed E-state index contributed by atoms with van der Waals surface area (Å²) in [5.74, 6) is 4.78. The van der Waals surface area contributed by atoms with E-state index >= 15 is 0 Å². The average molecular weight is 232 g/mol. The van der Waals surface area contributed by atoms with Crippen LogP contribution < -0.4 is 0 Å². The van der Waals surface area contributed by atoms with Crippen LogP contribution in [0.4, 0.5) is 8.78 Å². The highest BCUT2D eigenvalue weighted by Gasteiger charge is 2.43. The first-order chi connectivity index (χ1) is 6.81. The molecule has 0 atom stereocenters. The van der Waals surface area contributed by atoms with Crippen LogP contribution in [-0.2, 0) is 0 Å². The lowest BCUT2D eigenvalue weighted by molar-refractivity contribution is 0.149. The second-order valence-corrected chi connectivity index (χ2v) is 10.1. The van der Waals surface area contributed by atoms with Crippen LogP contribution in [0.2, 0.25) is 19.6 Å². The third kappa shape index (κ3) is 5.94. The van der Waals surface area contributed by atoms with Gasteiger partial charge in [0.05, 0.1) is 0 Å². The Morgan fingerprint density at radius 1 is 1.07 bits per heavy atom. The van der Waals surface area contributed by atoms with Crippen molar-refractivity contribution in [1.82, 2.24) is 0 Å². The van der Waals surface area contributed by atoms with E-state index in [-0.39, 0.29) is 0 Å². The van der Waals surface area contributed by atoms with Crippen LogP contribution in [-0.4, -0.2) is 13.6 Å². The van der Waals surface area contributed by atoms with Crippen molar-refractivity contribution in [3.05, 3.63) is 0 Å². The highest BCUT2D eigenvalue weighted by Crippen LogP contribution is 2.25. The molecular formula is C12H22F2Si. The molecule has 3 heteroatoms. The van der Waals surface area contributed by atoms with Crippen LogP contribution >= 0.6 is 0 Å². The molecular weight excluding hydrogens is 210 g/mol. The van der Waals surface area contributed by atoms with E-state index in [0.29, 0.717) is 6.42 Å². The van der Waals surface area contributed by atoms with Crippen molar-refractivity contribution in [2.75, 3.05) is 0 Å². The Hall–Kier alpha value is -0.363. The monoisotopic (exact) mass is 232 g/mol. The van der Waals surface area contributed by atoms with Crippen molar-refractivity contribution >= 4 is 8.07 Å². The van der Waals surface area contributed by atoms with Gasteiger partial charge in [-0.25, -0.2) is 0 Å². The molecule has 0 heterocycles. The van der Waals surface area contributed by atoms with E-state index in [1.54, 1.807) is 19.6 Å². The fourth-order valence-electron chi connectivity index (χ4n) is 1.00. The lowest BCUT2D eigenvalue weighted by Gasteiger charge is -2.22. The van der Waals surface area contributed by atoms with E-state index < -0.39 is 13.6 Å². The highest BCUT2D eigenvalue weighted by molar-refractivity contribution is 6.79. The van der Waals surface area contributed by atoms with E-state index in [2.05, 4.69) is 18.8 Å². The molecule has 0 fully saturated rings. The normalized spacial score (nSPS) is 12.1. The lowest BCUT2D eigenvalue weighted by Crippen LogP contribution is -2.43. The van der Waals surface area contributed by atoms with Gasteiger partial charge in [0, 0.05) is 6.42 Å². The molecule has 0 rings (SSSR count). The molecule has 0 saturated carbocycles. The SMILES string of the molecule is CCCCCCC#CC(F)(F)[Si](C)(C)C. The van der Waals surface area contributed by atoms with Crippen LogP contribution in [0.1, 0.15) is 39.0 Å². The molecule has 88 valence electrons. The smallest absolute Gasteiger partial charge is 0.198 e. The van der Waals surface area contributed by atoms with Crippen LogP contribution in [0, 0.1) is 11.8 Å². The summed E-state index contributed by atoms with van der Waals surface area (Å²) in [4.78, 5) is 0. The van der Waals surface area contributed by atoms with Crippen LogP contribution in [0.3, 0.4) is 0 Å². The Bertz CT molecular complexity index is 230. The van der Waals surface area contributed by atoms with Crippen molar-refractivity contribution in [3.63, 3.8) is 0 Å². The fourth-order valence-corrected chi connectivity index (χ4v) is 1.46. The van der Waals surface area contributed by atoms with E-state index in [1.165, 1.54) is 12.8 Å². The number of hydrogen-bond acceptors (Lipinski definition) is 0. The second-order valence-electron chi connectivity index (χ2n) is 4.94. The molecule has 0 aliphatic heterocycles. The molecule has 0 bridgehead atoms. The van der Waals surface area contributed by atoms with E-state index in [0.717, 1.165) is 12.8 Å². The number of hydrogen-bond donors (Lipinski definition) is 0. The molecule has 0 aromatic rings. The molecule has 0 unspecified atom stereocenters. The van der Waals surface area contributed by atoms with Gasteiger partial charge in [-0.3, -0.25) is 0 Å². The van der Waals surface area contributed by atoms with E-state index in [1.807, 2.05) is 0 Å². The van der Waals surface area contributed by atoms with Gasteiger partial charge in [0.2, 0.25) is 0 Å². The minimum Gasteiger partial charge on any atom is -0.198 e. The summed E-state index contributed by atoms with van der Waals surface area (Å²) in [5, 5.41) is 0. The Morgan fingerprint density at radius 2 is 1.67 bits per heavy atom. The van der Waals surface area contributed by atoms with Crippen molar-refractivity contribution < 1.29 is 8.78 Å². The van der Waals surface area contributed by atoms with Crippen molar-refractivity contribution in [3.8, 4) is 11.8 Å². The van der Waals surface area contributed by atoms with Crippen LogP contribution in [0.15, 0.2) is 0 Å². The summed E-state index contributed by atoms with van der Waals surface area (Å²) in [6, 6.07) is 0. The largest absolute Gasteiger partial charge is 0.286 e. The Morgan fingerprint density at radius 3 is 2.13 bits per heavy atom. The first kappa shape index (κ1) is 14.6. The zero-order valence-corrected chi connectivity index (χ0v) is 11.3. The molecule has 0 spiro atoms. The van der Waals surface area contributed by atoms with Gasteiger partial charge in [-0.1, -0.05) is 51.7 Å². The summed E-state index contributed by atoms with van der Waals surface area (Å²) >= 11 is 0. The van der Waals surface area contributed by atoms with Gasteiger partial charge in [0.1, 0.15) is 8.07 Å². The molecule has 0 radical (unpaired) electrons. The Kier molecular flexibility index (Phi) is 6.12. The molecule has 0 aliphatic rings. The maximum atomic E-state index is 13.4. The third-order valence-corrected chi connectivity index (χ3v) is 4.35. The zero-order valence-electron chi connectivity index (χ0n) is 10.3. The minimum absolute atomic E-state index is 0.611. The summed E-state index contributed by atoms with van der Waals surface area (Å²) < 4.78 is 26.8. The highest BCUT2D eigenvalue weighted by atomic mass is 28.3. The quantitative estimate of drug-likeness (QED) is 0.372. The standard InChI is InChI=1S/C12H22F2Si/c1-5-6-7-8-9-10-11-12(13,14)15(2,3)4/h5-9H2,1-4H3. The second kappa shape index (κ2) is 6.27. The average Bonchev–Trinajstić information content (AvgIpc) is 2.09. The topological polar surface area (TPSA) is 0 Å². The van der Waals surface area contributed by atoms with Crippen molar-refractivity contribution in [1.29, 1.82) is 0 Å². The van der Waals surface area contributed by atoms with Gasteiger partial charge in [0.15, 0.2) is 0 Å². The molecule has 0 aliphatic carbocycles.